The van der Waals surface area contributed by atoms with E-state index in [1.807, 2.05) is 0 Å². The molecule has 64 valence electrons. The molecular formula is C7H13NO3. The molecular weight excluding hydrogens is 146 g/mol. The fourth-order valence-electron chi connectivity index (χ4n) is 1.69. The van der Waals surface area contributed by atoms with Gasteiger partial charge in [0.15, 0.2) is 0 Å². The van der Waals surface area contributed by atoms with Crippen LogP contribution in [0.2, 0.25) is 0 Å². The lowest BCUT2D eigenvalue weighted by atomic mass is 9.97. The fraction of sp³-hybridized carbons (Fsp3) is 0.857. The van der Waals surface area contributed by atoms with Crippen LogP contribution in [0.1, 0.15) is 19.3 Å². The smallest absolute Gasteiger partial charge is 0.306 e. The molecule has 1 aliphatic rings. The summed E-state index contributed by atoms with van der Waals surface area (Å²) in [5, 5.41) is 8.71. The van der Waals surface area contributed by atoms with Crippen LogP contribution in [0.4, 0.5) is 0 Å². The highest BCUT2D eigenvalue weighted by Gasteiger charge is 2.32. The van der Waals surface area contributed by atoms with Crippen molar-refractivity contribution in [3.05, 3.63) is 0 Å². The van der Waals surface area contributed by atoms with Gasteiger partial charge in [0.2, 0.25) is 0 Å². The van der Waals surface area contributed by atoms with E-state index in [2.05, 4.69) is 4.84 Å². The lowest BCUT2D eigenvalue weighted by Crippen LogP contribution is -2.23. The van der Waals surface area contributed by atoms with Crippen molar-refractivity contribution in [3.63, 3.8) is 0 Å². The standard InChI is InChI=1S/C7H13NO3/c8-11-4-5-2-1-3-6(5)7(9)10/h5-6H,1-4,8H2,(H,9,10). The van der Waals surface area contributed by atoms with E-state index >= 15 is 0 Å². The van der Waals surface area contributed by atoms with Gasteiger partial charge in [0.25, 0.3) is 0 Å². The molecule has 4 heteroatoms. The van der Waals surface area contributed by atoms with Crippen LogP contribution in [-0.2, 0) is 9.63 Å². The van der Waals surface area contributed by atoms with Gasteiger partial charge in [-0.1, -0.05) is 6.42 Å². The van der Waals surface area contributed by atoms with E-state index in [1.165, 1.54) is 0 Å². The molecule has 0 aromatic rings. The largest absolute Gasteiger partial charge is 0.481 e. The van der Waals surface area contributed by atoms with Crippen molar-refractivity contribution in [2.75, 3.05) is 6.61 Å². The Kier molecular flexibility index (Phi) is 2.84. The van der Waals surface area contributed by atoms with Crippen molar-refractivity contribution in [2.24, 2.45) is 17.7 Å². The highest BCUT2D eigenvalue weighted by atomic mass is 16.6. The first-order valence-corrected chi connectivity index (χ1v) is 3.80. The van der Waals surface area contributed by atoms with Gasteiger partial charge in [-0.25, -0.2) is 5.90 Å². The van der Waals surface area contributed by atoms with Crippen molar-refractivity contribution in [3.8, 4) is 0 Å². The Morgan fingerprint density at radius 2 is 2.36 bits per heavy atom. The molecule has 0 spiro atoms. The summed E-state index contributed by atoms with van der Waals surface area (Å²) in [7, 11) is 0. The number of carbonyl (C=O) groups is 1. The monoisotopic (exact) mass is 159 g/mol. The zero-order chi connectivity index (χ0) is 8.27. The molecule has 2 atom stereocenters. The summed E-state index contributed by atoms with van der Waals surface area (Å²) < 4.78 is 0. The minimum absolute atomic E-state index is 0.123. The van der Waals surface area contributed by atoms with E-state index in [0.29, 0.717) is 6.61 Å². The third-order valence-corrected chi connectivity index (χ3v) is 2.29. The van der Waals surface area contributed by atoms with Crippen LogP contribution in [0.3, 0.4) is 0 Å². The molecule has 0 amide bonds. The Labute approximate surface area is 65.3 Å². The molecule has 0 saturated heterocycles. The van der Waals surface area contributed by atoms with Crippen molar-refractivity contribution in [1.29, 1.82) is 0 Å². The minimum atomic E-state index is -0.718. The molecule has 0 radical (unpaired) electrons. The van der Waals surface area contributed by atoms with E-state index in [4.69, 9.17) is 11.0 Å². The van der Waals surface area contributed by atoms with Gasteiger partial charge in [-0.15, -0.1) is 0 Å². The molecule has 1 saturated carbocycles. The molecule has 0 aromatic carbocycles. The summed E-state index contributed by atoms with van der Waals surface area (Å²) in [6.07, 6.45) is 2.67. The van der Waals surface area contributed by atoms with Crippen LogP contribution in [0.15, 0.2) is 0 Å². The maximum atomic E-state index is 10.6. The lowest BCUT2D eigenvalue weighted by molar-refractivity contribution is -0.143. The molecule has 0 bridgehead atoms. The second-order valence-corrected chi connectivity index (χ2v) is 2.97. The van der Waals surface area contributed by atoms with Crippen LogP contribution >= 0.6 is 0 Å². The van der Waals surface area contributed by atoms with E-state index in [0.717, 1.165) is 19.3 Å². The van der Waals surface area contributed by atoms with Crippen molar-refractivity contribution < 1.29 is 14.7 Å². The molecule has 0 aromatic heterocycles. The predicted octanol–water partition coefficient (Wildman–Crippen LogP) is 0.378. The maximum absolute atomic E-state index is 10.6. The highest BCUT2D eigenvalue weighted by molar-refractivity contribution is 5.70. The lowest BCUT2D eigenvalue weighted by Gasteiger charge is -2.12. The summed E-state index contributed by atoms with van der Waals surface area (Å²) in [4.78, 5) is 15.0. The number of aliphatic carboxylic acids is 1. The topological polar surface area (TPSA) is 72.5 Å². The number of carboxylic acid groups (broad SMARTS) is 1. The van der Waals surface area contributed by atoms with Crippen LogP contribution in [0.25, 0.3) is 0 Å². The molecule has 11 heavy (non-hydrogen) atoms. The molecule has 0 aliphatic heterocycles. The van der Waals surface area contributed by atoms with Crippen LogP contribution < -0.4 is 5.90 Å². The van der Waals surface area contributed by atoms with Gasteiger partial charge in [-0.05, 0) is 18.8 Å². The van der Waals surface area contributed by atoms with Crippen molar-refractivity contribution in [2.45, 2.75) is 19.3 Å². The van der Waals surface area contributed by atoms with Gasteiger partial charge >= 0.3 is 5.97 Å². The normalized spacial score (nSPS) is 30.6. The number of rotatable bonds is 3. The predicted molar refractivity (Wildman–Crippen MR) is 38.6 cm³/mol. The Bertz CT molecular complexity index is 149. The van der Waals surface area contributed by atoms with E-state index < -0.39 is 5.97 Å². The summed E-state index contributed by atoms with van der Waals surface area (Å²) >= 11 is 0. The molecule has 4 nitrogen and oxygen atoms in total. The van der Waals surface area contributed by atoms with Gasteiger partial charge < -0.3 is 9.94 Å². The first-order chi connectivity index (χ1) is 5.25. The van der Waals surface area contributed by atoms with E-state index in [1.54, 1.807) is 0 Å². The fourth-order valence-corrected chi connectivity index (χ4v) is 1.69. The summed E-state index contributed by atoms with van der Waals surface area (Å²) in [5.41, 5.74) is 0. The van der Waals surface area contributed by atoms with Crippen LogP contribution in [-0.4, -0.2) is 17.7 Å². The third-order valence-electron chi connectivity index (χ3n) is 2.29. The van der Waals surface area contributed by atoms with Crippen molar-refractivity contribution >= 4 is 5.97 Å². The van der Waals surface area contributed by atoms with Crippen LogP contribution in [0, 0.1) is 11.8 Å². The second kappa shape index (κ2) is 3.69. The Hall–Kier alpha value is -0.610. The highest BCUT2D eigenvalue weighted by Crippen LogP contribution is 2.31. The van der Waals surface area contributed by atoms with Gasteiger partial charge in [0, 0.05) is 0 Å². The summed E-state index contributed by atoms with van der Waals surface area (Å²) in [6.45, 7) is 0.372. The zero-order valence-corrected chi connectivity index (χ0v) is 6.32. The quantitative estimate of drug-likeness (QED) is 0.584. The van der Waals surface area contributed by atoms with Gasteiger partial charge in [0.1, 0.15) is 0 Å². The maximum Gasteiger partial charge on any atom is 0.306 e. The van der Waals surface area contributed by atoms with Gasteiger partial charge in [-0.2, -0.15) is 0 Å². The second-order valence-electron chi connectivity index (χ2n) is 2.97. The average Bonchev–Trinajstić information content (AvgIpc) is 2.36. The first-order valence-electron chi connectivity index (χ1n) is 3.80. The first kappa shape index (κ1) is 8.49. The Morgan fingerprint density at radius 3 is 2.91 bits per heavy atom. The van der Waals surface area contributed by atoms with E-state index in [9.17, 15) is 4.79 Å². The van der Waals surface area contributed by atoms with Gasteiger partial charge in [-0.3, -0.25) is 4.79 Å². The summed E-state index contributed by atoms with van der Waals surface area (Å²) in [6, 6.07) is 0. The number of nitrogens with two attached hydrogens (primary N) is 1. The molecule has 0 heterocycles. The molecule has 2 unspecified atom stereocenters. The third kappa shape index (κ3) is 1.91. The Morgan fingerprint density at radius 1 is 1.64 bits per heavy atom. The number of carboxylic acids is 1. The number of hydrogen-bond acceptors (Lipinski definition) is 3. The molecule has 1 fully saturated rings. The zero-order valence-electron chi connectivity index (χ0n) is 6.32. The molecule has 1 rings (SSSR count). The van der Waals surface area contributed by atoms with Crippen LogP contribution in [0.5, 0.6) is 0 Å². The average molecular weight is 159 g/mol. The SMILES string of the molecule is NOCC1CCCC1C(=O)O. The number of hydrogen-bond donors (Lipinski definition) is 2. The molecule has 1 aliphatic carbocycles. The minimum Gasteiger partial charge on any atom is -0.481 e. The Balaban J connectivity index is 2.44. The van der Waals surface area contributed by atoms with Crippen molar-refractivity contribution in [1.82, 2.24) is 0 Å². The van der Waals surface area contributed by atoms with Gasteiger partial charge in [0.05, 0.1) is 12.5 Å². The summed E-state index contributed by atoms with van der Waals surface area (Å²) in [5.74, 6) is 4.04. The molecule has 3 N–H and O–H groups in total. The van der Waals surface area contributed by atoms with E-state index in [-0.39, 0.29) is 11.8 Å².